The van der Waals surface area contributed by atoms with Gasteiger partial charge in [0.1, 0.15) is 18.0 Å². The van der Waals surface area contributed by atoms with Gasteiger partial charge in [-0.2, -0.15) is 8.42 Å². The van der Waals surface area contributed by atoms with Crippen molar-refractivity contribution in [2.45, 2.75) is 45.2 Å². The normalized spacial score (nSPS) is 14.6. The lowest BCUT2D eigenvalue weighted by Gasteiger charge is -2.20. The van der Waals surface area contributed by atoms with Gasteiger partial charge in [-0.3, -0.25) is 8.98 Å². The van der Waals surface area contributed by atoms with Crippen molar-refractivity contribution in [3.8, 4) is 0 Å². The Morgan fingerprint density at radius 1 is 1.15 bits per heavy atom. The third-order valence-corrected chi connectivity index (χ3v) is 4.04. The highest BCUT2D eigenvalue weighted by molar-refractivity contribution is 7.85. The van der Waals surface area contributed by atoms with Gasteiger partial charge in [-0.1, -0.05) is 37.3 Å². The zero-order valence-corrected chi connectivity index (χ0v) is 12.7. The van der Waals surface area contributed by atoms with E-state index in [-0.39, 0.29) is 18.1 Å². The van der Waals surface area contributed by atoms with Crippen LogP contribution < -0.4 is 0 Å². The van der Waals surface area contributed by atoms with Crippen molar-refractivity contribution in [2.24, 2.45) is 0 Å². The average molecular weight is 300 g/mol. The second kappa shape index (κ2) is 7.40. The minimum atomic E-state index is -3.71. The van der Waals surface area contributed by atoms with E-state index in [1.54, 1.807) is 45.0 Å². The van der Waals surface area contributed by atoms with E-state index >= 15 is 0 Å². The third kappa shape index (κ3) is 5.71. The summed E-state index contributed by atoms with van der Waals surface area (Å²) in [4.78, 5) is 11.2. The van der Waals surface area contributed by atoms with Gasteiger partial charge >= 0.3 is 5.97 Å². The topological polar surface area (TPSA) is 69.7 Å². The monoisotopic (exact) mass is 300 g/mol. The predicted octanol–water partition coefficient (Wildman–Crippen LogP) is 2.26. The van der Waals surface area contributed by atoms with Crippen LogP contribution in [0.5, 0.6) is 0 Å². The van der Waals surface area contributed by atoms with Crippen LogP contribution in [0.4, 0.5) is 0 Å². The molecule has 1 aromatic carbocycles. The van der Waals surface area contributed by atoms with Crippen LogP contribution in [0.3, 0.4) is 0 Å². The maximum Gasteiger partial charge on any atom is 0.305 e. The van der Waals surface area contributed by atoms with Gasteiger partial charge in [-0.15, -0.1) is 0 Å². The van der Waals surface area contributed by atoms with E-state index in [1.165, 1.54) is 0 Å². The molecule has 0 fully saturated rings. The molecule has 0 bridgehead atoms. The number of benzene rings is 1. The predicted molar refractivity (Wildman–Crippen MR) is 75.5 cm³/mol. The molecule has 5 nitrogen and oxygen atoms in total. The number of rotatable bonds is 7. The molecule has 0 radical (unpaired) electrons. The highest BCUT2D eigenvalue weighted by atomic mass is 32.2. The number of hydrogen-bond acceptors (Lipinski definition) is 5. The van der Waals surface area contributed by atoms with Crippen molar-refractivity contribution >= 4 is 16.1 Å². The van der Waals surface area contributed by atoms with Crippen molar-refractivity contribution in [1.29, 1.82) is 0 Å². The molecule has 1 aromatic rings. The Balaban J connectivity index is 2.59. The third-order valence-electron chi connectivity index (χ3n) is 2.75. The summed E-state index contributed by atoms with van der Waals surface area (Å²) in [5, 5.41) is 0. The first kappa shape index (κ1) is 16.7. The summed E-state index contributed by atoms with van der Waals surface area (Å²) >= 11 is 0. The van der Waals surface area contributed by atoms with Gasteiger partial charge in [0.15, 0.2) is 0 Å². The molecule has 0 aliphatic rings. The van der Waals surface area contributed by atoms with E-state index in [0.717, 1.165) is 0 Å². The first-order chi connectivity index (χ1) is 9.34. The van der Waals surface area contributed by atoms with E-state index in [9.17, 15) is 13.2 Å². The van der Waals surface area contributed by atoms with Crippen LogP contribution in [0, 0.1) is 0 Å². The molecule has 2 atom stereocenters. The van der Waals surface area contributed by atoms with Crippen LogP contribution in [0.15, 0.2) is 30.3 Å². The van der Waals surface area contributed by atoms with Crippen LogP contribution in [0.25, 0.3) is 0 Å². The zero-order chi connectivity index (χ0) is 15.2. The summed E-state index contributed by atoms with van der Waals surface area (Å²) in [5.41, 5.74) is 0.651. The van der Waals surface area contributed by atoms with Gasteiger partial charge in [0.05, 0.1) is 0 Å². The second-order valence-electron chi connectivity index (χ2n) is 4.54. The Labute approximate surface area is 120 Å². The summed E-state index contributed by atoms with van der Waals surface area (Å²) in [6, 6.07) is 8.77. The van der Waals surface area contributed by atoms with Crippen LogP contribution in [-0.4, -0.2) is 26.6 Å². The molecule has 0 saturated carbocycles. The van der Waals surface area contributed by atoms with Crippen molar-refractivity contribution in [3.63, 3.8) is 0 Å². The Kier molecular flexibility index (Phi) is 6.16. The molecule has 0 aliphatic heterocycles. The van der Waals surface area contributed by atoms with Crippen LogP contribution in [-0.2, 0) is 29.6 Å². The van der Waals surface area contributed by atoms with Gasteiger partial charge in [-0.05, 0) is 19.4 Å². The summed E-state index contributed by atoms with van der Waals surface area (Å²) in [7, 11) is -3.71. The van der Waals surface area contributed by atoms with Gasteiger partial charge in [-0.25, -0.2) is 0 Å². The largest absolute Gasteiger partial charge is 0.460 e. The molecular weight excluding hydrogens is 280 g/mol. The Hall–Kier alpha value is -1.40. The number of ether oxygens (including phenoxy) is 1. The van der Waals surface area contributed by atoms with E-state index < -0.39 is 22.3 Å². The van der Waals surface area contributed by atoms with Gasteiger partial charge in [0.2, 0.25) is 0 Å². The lowest BCUT2D eigenvalue weighted by molar-refractivity contribution is -0.151. The van der Waals surface area contributed by atoms with Crippen molar-refractivity contribution in [2.75, 3.05) is 0 Å². The number of carbonyl (C=O) groups excluding carboxylic acids is 1. The standard InChI is InChI=1S/C14H20O5S/c1-4-14(15)18-11(2)12(3)19-20(16,17)10-13-8-6-5-7-9-13/h5-9,11-12H,4,10H2,1-3H3/t11-,12+/m0/s1. The molecule has 20 heavy (non-hydrogen) atoms. The highest BCUT2D eigenvalue weighted by Crippen LogP contribution is 2.13. The Morgan fingerprint density at radius 3 is 2.30 bits per heavy atom. The van der Waals surface area contributed by atoms with Gasteiger partial charge < -0.3 is 4.74 Å². The van der Waals surface area contributed by atoms with Crippen LogP contribution in [0.1, 0.15) is 32.8 Å². The minimum absolute atomic E-state index is 0.202. The Bertz CT molecular complexity index is 524. The number of carbonyl (C=O) groups is 1. The molecule has 0 aliphatic carbocycles. The second-order valence-corrected chi connectivity index (χ2v) is 6.13. The Morgan fingerprint density at radius 2 is 1.75 bits per heavy atom. The van der Waals surface area contributed by atoms with Gasteiger partial charge in [0.25, 0.3) is 10.1 Å². The molecule has 112 valence electrons. The quantitative estimate of drug-likeness (QED) is 0.570. The number of hydrogen-bond donors (Lipinski definition) is 0. The van der Waals surface area contributed by atoms with E-state index in [1.807, 2.05) is 6.07 Å². The fourth-order valence-electron chi connectivity index (χ4n) is 1.51. The number of esters is 1. The van der Waals surface area contributed by atoms with Crippen LogP contribution >= 0.6 is 0 Å². The van der Waals surface area contributed by atoms with Crippen LogP contribution in [0.2, 0.25) is 0 Å². The molecule has 1 rings (SSSR count). The molecular formula is C14H20O5S. The maximum atomic E-state index is 11.9. The first-order valence-electron chi connectivity index (χ1n) is 6.48. The first-order valence-corrected chi connectivity index (χ1v) is 8.06. The van der Waals surface area contributed by atoms with Gasteiger partial charge in [0, 0.05) is 6.42 Å². The summed E-state index contributed by atoms with van der Waals surface area (Å²) in [6.07, 6.45) is -1.10. The summed E-state index contributed by atoms with van der Waals surface area (Å²) < 4.78 is 33.9. The molecule has 0 heterocycles. The van der Waals surface area contributed by atoms with Crippen molar-refractivity contribution in [1.82, 2.24) is 0 Å². The average Bonchev–Trinajstić information content (AvgIpc) is 2.38. The highest BCUT2D eigenvalue weighted by Gasteiger charge is 2.23. The molecule has 0 unspecified atom stereocenters. The molecule has 0 amide bonds. The summed E-state index contributed by atoms with van der Waals surface area (Å²) in [5.74, 6) is -0.583. The molecule has 6 heteroatoms. The van der Waals surface area contributed by atoms with Crippen molar-refractivity contribution < 1.29 is 22.1 Å². The van der Waals surface area contributed by atoms with E-state index in [0.29, 0.717) is 5.56 Å². The van der Waals surface area contributed by atoms with Crippen molar-refractivity contribution in [3.05, 3.63) is 35.9 Å². The minimum Gasteiger partial charge on any atom is -0.460 e. The molecule has 0 N–H and O–H groups in total. The molecule has 0 aromatic heterocycles. The van der Waals surface area contributed by atoms with E-state index in [2.05, 4.69) is 0 Å². The fourth-order valence-corrected chi connectivity index (χ4v) is 2.80. The lowest BCUT2D eigenvalue weighted by atomic mass is 10.2. The van der Waals surface area contributed by atoms with E-state index in [4.69, 9.17) is 8.92 Å². The molecule has 0 spiro atoms. The summed E-state index contributed by atoms with van der Waals surface area (Å²) in [6.45, 7) is 4.85. The lowest BCUT2D eigenvalue weighted by Crippen LogP contribution is -2.31. The molecule has 0 saturated heterocycles. The fraction of sp³-hybridized carbons (Fsp3) is 0.500. The smallest absolute Gasteiger partial charge is 0.305 e. The maximum absolute atomic E-state index is 11.9. The SMILES string of the molecule is CCC(=O)O[C@@H](C)[C@@H](C)OS(=O)(=O)Cc1ccccc1. The zero-order valence-electron chi connectivity index (χ0n) is 11.9.